The first kappa shape index (κ1) is 14.8. The predicted molar refractivity (Wildman–Crippen MR) is 93.5 cm³/mol. The molecule has 0 aliphatic rings. The Labute approximate surface area is 136 Å². The zero-order valence-corrected chi connectivity index (χ0v) is 12.7. The van der Waals surface area contributed by atoms with Crippen LogP contribution in [-0.2, 0) is 6.54 Å². The minimum atomic E-state index is 0.674. The molecule has 23 heavy (non-hydrogen) atoms. The third-order valence-electron chi connectivity index (χ3n) is 3.61. The lowest BCUT2D eigenvalue weighted by Gasteiger charge is -2.12. The average molecular weight is 299 g/mol. The van der Waals surface area contributed by atoms with Crippen LogP contribution >= 0.6 is 0 Å². The van der Waals surface area contributed by atoms with Crippen molar-refractivity contribution in [1.82, 2.24) is 5.43 Å². The topological polar surface area (TPSA) is 47.9 Å². The fraction of sp³-hybridized carbons (Fsp3) is 0.0500. The van der Waals surface area contributed by atoms with Crippen molar-refractivity contribution < 1.29 is 0 Å². The van der Waals surface area contributed by atoms with Gasteiger partial charge in [0.2, 0.25) is 0 Å². The van der Waals surface area contributed by atoms with Gasteiger partial charge in [-0.3, -0.25) is 0 Å². The van der Waals surface area contributed by atoms with Crippen molar-refractivity contribution in [3.05, 3.63) is 90.0 Å². The van der Waals surface area contributed by atoms with Gasteiger partial charge in [-0.05, 0) is 41.0 Å². The fourth-order valence-electron chi connectivity index (χ4n) is 2.48. The van der Waals surface area contributed by atoms with Crippen LogP contribution in [0, 0.1) is 11.3 Å². The standard InChI is InChI=1S/C20H17N3/c21-14-16-7-6-9-17(13-16)20-12-5-4-8-18(20)15-22-23-19-10-2-1-3-11-19/h1-13,22-23H,15H2. The van der Waals surface area contributed by atoms with Gasteiger partial charge in [-0.1, -0.05) is 54.6 Å². The van der Waals surface area contributed by atoms with Crippen LogP contribution in [0.1, 0.15) is 11.1 Å². The number of nitrogens with zero attached hydrogens (tertiary/aromatic N) is 1. The molecule has 0 saturated carbocycles. The first-order valence-corrected chi connectivity index (χ1v) is 7.49. The minimum absolute atomic E-state index is 0.674. The molecule has 0 aromatic heterocycles. The highest BCUT2D eigenvalue weighted by atomic mass is 15.3. The molecular weight excluding hydrogens is 282 g/mol. The quantitative estimate of drug-likeness (QED) is 0.689. The highest BCUT2D eigenvalue weighted by Gasteiger charge is 2.05. The molecule has 3 aromatic rings. The Morgan fingerprint density at radius 3 is 2.43 bits per heavy atom. The molecule has 0 fully saturated rings. The highest BCUT2D eigenvalue weighted by Crippen LogP contribution is 2.24. The van der Waals surface area contributed by atoms with E-state index in [1.165, 1.54) is 5.56 Å². The molecular formula is C20H17N3. The number of benzene rings is 3. The lowest BCUT2D eigenvalue weighted by Crippen LogP contribution is -2.21. The Kier molecular flexibility index (Phi) is 4.68. The van der Waals surface area contributed by atoms with Gasteiger partial charge in [0.25, 0.3) is 0 Å². The van der Waals surface area contributed by atoms with Gasteiger partial charge in [-0.15, -0.1) is 0 Å². The number of hydrogen-bond acceptors (Lipinski definition) is 3. The highest BCUT2D eigenvalue weighted by molar-refractivity contribution is 5.68. The number of hydrogen-bond donors (Lipinski definition) is 2. The Morgan fingerprint density at radius 2 is 1.61 bits per heavy atom. The van der Waals surface area contributed by atoms with Crippen LogP contribution in [0.5, 0.6) is 0 Å². The minimum Gasteiger partial charge on any atom is -0.321 e. The van der Waals surface area contributed by atoms with E-state index in [0.29, 0.717) is 12.1 Å². The fourth-order valence-corrected chi connectivity index (χ4v) is 2.48. The first-order chi connectivity index (χ1) is 11.4. The second-order valence-electron chi connectivity index (χ2n) is 5.19. The summed E-state index contributed by atoms with van der Waals surface area (Å²) in [5.41, 5.74) is 11.5. The number of nitrogens with one attached hydrogen (secondary N) is 2. The van der Waals surface area contributed by atoms with Gasteiger partial charge in [-0.2, -0.15) is 5.26 Å². The molecule has 0 bridgehead atoms. The summed E-state index contributed by atoms with van der Waals surface area (Å²) < 4.78 is 0. The van der Waals surface area contributed by atoms with Crippen LogP contribution in [0.25, 0.3) is 11.1 Å². The van der Waals surface area contributed by atoms with E-state index in [1.54, 1.807) is 0 Å². The summed E-state index contributed by atoms with van der Waals surface area (Å²) in [4.78, 5) is 0. The molecule has 0 aliphatic carbocycles. The summed E-state index contributed by atoms with van der Waals surface area (Å²) in [5.74, 6) is 0. The van der Waals surface area contributed by atoms with Crippen molar-refractivity contribution in [2.24, 2.45) is 0 Å². The first-order valence-electron chi connectivity index (χ1n) is 7.49. The summed E-state index contributed by atoms with van der Waals surface area (Å²) >= 11 is 0. The normalized spacial score (nSPS) is 10.0. The monoisotopic (exact) mass is 299 g/mol. The van der Waals surface area contributed by atoms with Crippen LogP contribution in [0.4, 0.5) is 5.69 Å². The number of para-hydroxylation sites is 1. The summed E-state index contributed by atoms with van der Waals surface area (Å²) in [6.07, 6.45) is 0. The van der Waals surface area contributed by atoms with Gasteiger partial charge in [0.1, 0.15) is 0 Å². The third kappa shape index (κ3) is 3.76. The second kappa shape index (κ2) is 7.26. The largest absolute Gasteiger partial charge is 0.321 e. The zero-order chi connectivity index (χ0) is 15.9. The maximum atomic E-state index is 9.07. The molecule has 0 spiro atoms. The van der Waals surface area contributed by atoms with Crippen molar-refractivity contribution in [2.45, 2.75) is 6.54 Å². The van der Waals surface area contributed by atoms with E-state index in [2.05, 4.69) is 29.1 Å². The molecule has 3 nitrogen and oxygen atoms in total. The molecule has 0 amide bonds. The van der Waals surface area contributed by atoms with E-state index in [9.17, 15) is 0 Å². The van der Waals surface area contributed by atoms with Gasteiger partial charge in [0, 0.05) is 12.2 Å². The zero-order valence-electron chi connectivity index (χ0n) is 12.7. The Bertz CT molecular complexity index is 820. The lowest BCUT2D eigenvalue weighted by molar-refractivity contribution is 0.803. The second-order valence-corrected chi connectivity index (χ2v) is 5.19. The molecule has 2 N–H and O–H groups in total. The summed E-state index contributed by atoms with van der Waals surface area (Å²) in [6.45, 7) is 0.682. The van der Waals surface area contributed by atoms with Crippen LogP contribution in [-0.4, -0.2) is 0 Å². The summed E-state index contributed by atoms with van der Waals surface area (Å²) in [5, 5.41) is 9.07. The van der Waals surface area contributed by atoms with Crippen molar-refractivity contribution in [3.63, 3.8) is 0 Å². The van der Waals surface area contributed by atoms with Crippen molar-refractivity contribution in [2.75, 3.05) is 5.43 Å². The van der Waals surface area contributed by atoms with E-state index in [0.717, 1.165) is 16.8 Å². The van der Waals surface area contributed by atoms with Crippen LogP contribution in [0.15, 0.2) is 78.9 Å². The Balaban J connectivity index is 1.77. The number of nitriles is 1. The molecule has 3 heteroatoms. The molecule has 0 aliphatic heterocycles. The molecule has 0 saturated heterocycles. The molecule has 0 heterocycles. The van der Waals surface area contributed by atoms with E-state index in [4.69, 9.17) is 5.26 Å². The Morgan fingerprint density at radius 1 is 0.826 bits per heavy atom. The smallest absolute Gasteiger partial charge is 0.0991 e. The molecule has 3 rings (SSSR count). The molecule has 112 valence electrons. The molecule has 0 unspecified atom stereocenters. The van der Waals surface area contributed by atoms with Gasteiger partial charge < -0.3 is 5.43 Å². The number of rotatable bonds is 5. The van der Waals surface area contributed by atoms with E-state index < -0.39 is 0 Å². The van der Waals surface area contributed by atoms with Gasteiger partial charge >= 0.3 is 0 Å². The SMILES string of the molecule is N#Cc1cccc(-c2ccccc2CNNc2ccccc2)c1. The van der Waals surface area contributed by atoms with Crippen molar-refractivity contribution in [3.8, 4) is 17.2 Å². The van der Waals surface area contributed by atoms with E-state index >= 15 is 0 Å². The Hall–Kier alpha value is -3.09. The predicted octanol–water partition coefficient (Wildman–Crippen LogP) is 4.34. The van der Waals surface area contributed by atoms with Crippen molar-refractivity contribution >= 4 is 5.69 Å². The van der Waals surface area contributed by atoms with Gasteiger partial charge in [0.05, 0.1) is 11.6 Å². The van der Waals surface area contributed by atoms with Gasteiger partial charge in [-0.25, -0.2) is 5.43 Å². The van der Waals surface area contributed by atoms with Crippen molar-refractivity contribution in [1.29, 1.82) is 5.26 Å². The summed E-state index contributed by atoms with van der Waals surface area (Å²) in [7, 11) is 0. The molecule has 0 atom stereocenters. The molecule has 0 radical (unpaired) electrons. The van der Waals surface area contributed by atoms with Crippen LogP contribution < -0.4 is 10.9 Å². The van der Waals surface area contributed by atoms with Crippen LogP contribution in [0.3, 0.4) is 0 Å². The lowest BCUT2D eigenvalue weighted by atomic mass is 9.98. The third-order valence-corrected chi connectivity index (χ3v) is 3.61. The van der Waals surface area contributed by atoms with E-state index in [1.807, 2.05) is 66.7 Å². The average Bonchev–Trinajstić information content (AvgIpc) is 2.63. The van der Waals surface area contributed by atoms with Gasteiger partial charge in [0.15, 0.2) is 0 Å². The summed E-state index contributed by atoms with van der Waals surface area (Å²) in [6, 6.07) is 28.1. The number of hydrazine groups is 1. The molecule has 3 aromatic carbocycles. The maximum Gasteiger partial charge on any atom is 0.0991 e. The number of anilines is 1. The van der Waals surface area contributed by atoms with E-state index in [-0.39, 0.29) is 0 Å². The van der Waals surface area contributed by atoms with Crippen LogP contribution in [0.2, 0.25) is 0 Å². The maximum absolute atomic E-state index is 9.07.